The summed E-state index contributed by atoms with van der Waals surface area (Å²) in [6.07, 6.45) is 71.1. The first-order valence-electron chi connectivity index (χ1n) is 31.5. The molecule has 0 fully saturated rings. The summed E-state index contributed by atoms with van der Waals surface area (Å²) in [5.74, 6) is -0.0515. The minimum Gasteiger partial charge on any atom is -0.466 e. The molecule has 1 amide bonds. The topological polar surface area (TPSA) is 95.9 Å². The Balaban J connectivity index is 3.40. The lowest BCUT2D eigenvalue weighted by Crippen LogP contribution is -2.45. The molecule has 0 aliphatic carbocycles. The fourth-order valence-corrected chi connectivity index (χ4v) is 9.99. The third-order valence-electron chi connectivity index (χ3n) is 14.8. The molecule has 6 heteroatoms. The summed E-state index contributed by atoms with van der Waals surface area (Å²) < 4.78 is 5.49. The van der Waals surface area contributed by atoms with Crippen molar-refractivity contribution in [2.75, 3.05) is 13.2 Å². The normalized spacial score (nSPS) is 12.6. The highest BCUT2D eigenvalue weighted by Gasteiger charge is 2.18. The van der Waals surface area contributed by atoms with Crippen molar-refractivity contribution in [2.45, 2.75) is 366 Å². The second-order valence-electron chi connectivity index (χ2n) is 21.8. The van der Waals surface area contributed by atoms with Crippen LogP contribution < -0.4 is 5.32 Å². The van der Waals surface area contributed by atoms with Gasteiger partial charge < -0.3 is 20.3 Å². The first-order chi connectivity index (χ1) is 34.0. The molecule has 0 heterocycles. The Morgan fingerprint density at radius 1 is 0.391 bits per heavy atom. The molecule has 410 valence electrons. The van der Waals surface area contributed by atoms with Gasteiger partial charge in [-0.3, -0.25) is 9.59 Å². The SMILES string of the molecule is CCCCCCCCCCCCCCCCC/C=C/C(O)C(CO)NC(=O)CCCCCCCCCCCCCCCCCCCCCCCOC(=O)CCCCCCCCCCCCCCCC. The van der Waals surface area contributed by atoms with Crippen LogP contribution in [0.4, 0.5) is 0 Å². The van der Waals surface area contributed by atoms with Crippen molar-refractivity contribution in [3.8, 4) is 0 Å². The van der Waals surface area contributed by atoms with E-state index in [-0.39, 0.29) is 18.5 Å². The van der Waals surface area contributed by atoms with Crippen molar-refractivity contribution in [2.24, 2.45) is 0 Å². The van der Waals surface area contributed by atoms with Crippen molar-refractivity contribution in [3.05, 3.63) is 12.2 Å². The molecule has 2 atom stereocenters. The number of allylic oxidation sites excluding steroid dienone is 1. The molecule has 0 aliphatic rings. The molecular formula is C63H123NO5. The van der Waals surface area contributed by atoms with Gasteiger partial charge in [-0.25, -0.2) is 0 Å². The molecule has 0 aromatic heterocycles. The molecule has 3 N–H and O–H groups in total. The lowest BCUT2D eigenvalue weighted by Gasteiger charge is -2.20. The quantitative estimate of drug-likeness (QED) is 0.0321. The number of esters is 1. The molecule has 69 heavy (non-hydrogen) atoms. The van der Waals surface area contributed by atoms with Crippen LogP contribution in [0.1, 0.15) is 354 Å². The van der Waals surface area contributed by atoms with Crippen molar-refractivity contribution in [1.82, 2.24) is 5.32 Å². The van der Waals surface area contributed by atoms with E-state index in [9.17, 15) is 19.8 Å². The zero-order valence-corrected chi connectivity index (χ0v) is 46.8. The number of carbonyl (C=O) groups excluding carboxylic acids is 2. The maximum absolute atomic E-state index is 12.5. The predicted octanol–water partition coefficient (Wildman–Crippen LogP) is 19.6. The minimum absolute atomic E-state index is 0.0144. The maximum Gasteiger partial charge on any atom is 0.305 e. The molecule has 0 bridgehead atoms. The van der Waals surface area contributed by atoms with Crippen molar-refractivity contribution < 1.29 is 24.5 Å². The van der Waals surface area contributed by atoms with Gasteiger partial charge in [0.05, 0.1) is 25.4 Å². The van der Waals surface area contributed by atoms with Crippen LogP contribution in [0, 0.1) is 0 Å². The van der Waals surface area contributed by atoms with Gasteiger partial charge in [-0.2, -0.15) is 0 Å². The number of rotatable bonds is 59. The molecular weight excluding hydrogens is 851 g/mol. The van der Waals surface area contributed by atoms with Crippen LogP contribution in [0.3, 0.4) is 0 Å². The smallest absolute Gasteiger partial charge is 0.305 e. The fourth-order valence-electron chi connectivity index (χ4n) is 9.99. The Kier molecular flexibility index (Phi) is 58.0. The highest BCUT2D eigenvalue weighted by Crippen LogP contribution is 2.18. The third-order valence-corrected chi connectivity index (χ3v) is 14.8. The highest BCUT2D eigenvalue weighted by atomic mass is 16.5. The predicted molar refractivity (Wildman–Crippen MR) is 301 cm³/mol. The monoisotopic (exact) mass is 974 g/mol. The number of ether oxygens (including phenoxy) is 1. The summed E-state index contributed by atoms with van der Waals surface area (Å²) in [7, 11) is 0. The number of unbranched alkanes of at least 4 members (excludes halogenated alkanes) is 48. The number of carbonyl (C=O) groups is 2. The molecule has 0 aliphatic heterocycles. The van der Waals surface area contributed by atoms with E-state index in [1.165, 1.54) is 289 Å². The van der Waals surface area contributed by atoms with Crippen molar-refractivity contribution >= 4 is 11.9 Å². The molecule has 0 radical (unpaired) electrons. The summed E-state index contributed by atoms with van der Waals surface area (Å²) in [5, 5.41) is 23.2. The van der Waals surface area contributed by atoms with E-state index >= 15 is 0 Å². The van der Waals surface area contributed by atoms with Crippen LogP contribution >= 0.6 is 0 Å². The lowest BCUT2D eigenvalue weighted by molar-refractivity contribution is -0.143. The molecule has 6 nitrogen and oxygen atoms in total. The average molecular weight is 975 g/mol. The van der Waals surface area contributed by atoms with Gasteiger partial charge in [-0.1, -0.05) is 321 Å². The maximum atomic E-state index is 12.5. The van der Waals surface area contributed by atoms with E-state index in [1.807, 2.05) is 6.08 Å². The van der Waals surface area contributed by atoms with E-state index in [2.05, 4.69) is 19.2 Å². The Bertz CT molecular complexity index is 1030. The van der Waals surface area contributed by atoms with Crippen LogP contribution in [-0.4, -0.2) is 47.4 Å². The van der Waals surface area contributed by atoms with Gasteiger partial charge in [0.2, 0.25) is 5.91 Å². The van der Waals surface area contributed by atoms with Crippen LogP contribution in [0.2, 0.25) is 0 Å². The summed E-state index contributed by atoms with van der Waals surface area (Å²) in [4.78, 5) is 24.5. The van der Waals surface area contributed by atoms with Gasteiger partial charge in [-0.15, -0.1) is 0 Å². The van der Waals surface area contributed by atoms with Gasteiger partial charge in [-0.05, 0) is 32.1 Å². The molecule has 0 spiro atoms. The second-order valence-corrected chi connectivity index (χ2v) is 21.8. The van der Waals surface area contributed by atoms with E-state index in [0.717, 1.165) is 38.5 Å². The largest absolute Gasteiger partial charge is 0.466 e. The van der Waals surface area contributed by atoms with Crippen LogP contribution in [-0.2, 0) is 14.3 Å². The number of aliphatic hydroxyl groups is 2. The lowest BCUT2D eigenvalue weighted by atomic mass is 10.0. The molecule has 0 aromatic rings. The minimum atomic E-state index is -0.844. The number of amides is 1. The Hall–Kier alpha value is -1.40. The van der Waals surface area contributed by atoms with E-state index in [0.29, 0.717) is 19.4 Å². The van der Waals surface area contributed by atoms with Gasteiger partial charge in [0.25, 0.3) is 0 Å². The number of nitrogens with one attached hydrogen (secondary N) is 1. The summed E-state index contributed by atoms with van der Waals surface area (Å²) in [5.41, 5.74) is 0. The van der Waals surface area contributed by atoms with Crippen molar-refractivity contribution in [1.29, 1.82) is 0 Å². The zero-order chi connectivity index (χ0) is 50.0. The summed E-state index contributed by atoms with van der Waals surface area (Å²) >= 11 is 0. The fraction of sp³-hybridized carbons (Fsp3) is 0.937. The second kappa shape index (κ2) is 59.2. The summed E-state index contributed by atoms with van der Waals surface area (Å²) in [6.45, 7) is 4.93. The van der Waals surface area contributed by atoms with Crippen LogP contribution in [0.5, 0.6) is 0 Å². The van der Waals surface area contributed by atoms with Gasteiger partial charge in [0, 0.05) is 12.8 Å². The zero-order valence-electron chi connectivity index (χ0n) is 46.8. The Labute approximate surface area is 431 Å². The van der Waals surface area contributed by atoms with Crippen LogP contribution in [0.15, 0.2) is 12.2 Å². The highest BCUT2D eigenvalue weighted by molar-refractivity contribution is 5.76. The standard InChI is InChI=1S/C63H123NO5/c1-3-5-7-9-11-13-15-17-19-25-28-31-35-39-43-47-51-55-61(66)60(59-65)64-62(67)56-52-48-44-40-36-32-29-26-23-21-20-22-24-27-30-34-38-42-46-50-54-58-69-63(68)57-53-49-45-41-37-33-18-16-14-12-10-8-6-4-2/h51,55,60-61,65-66H,3-50,52-54,56-59H2,1-2H3,(H,64,67)/b55-51+. The first-order valence-corrected chi connectivity index (χ1v) is 31.5. The third kappa shape index (κ3) is 55.8. The van der Waals surface area contributed by atoms with Gasteiger partial charge in [0.15, 0.2) is 0 Å². The summed E-state index contributed by atoms with van der Waals surface area (Å²) in [6, 6.07) is -0.628. The number of hydrogen-bond acceptors (Lipinski definition) is 5. The Morgan fingerprint density at radius 2 is 0.667 bits per heavy atom. The average Bonchev–Trinajstić information content (AvgIpc) is 3.35. The molecule has 0 aromatic carbocycles. The van der Waals surface area contributed by atoms with Crippen LogP contribution in [0.25, 0.3) is 0 Å². The van der Waals surface area contributed by atoms with Gasteiger partial charge in [0.1, 0.15) is 0 Å². The van der Waals surface area contributed by atoms with E-state index in [1.54, 1.807) is 6.08 Å². The Morgan fingerprint density at radius 3 is 0.986 bits per heavy atom. The number of aliphatic hydroxyl groups excluding tert-OH is 2. The van der Waals surface area contributed by atoms with E-state index < -0.39 is 12.1 Å². The first kappa shape index (κ1) is 67.6. The molecule has 0 saturated heterocycles. The van der Waals surface area contributed by atoms with E-state index in [4.69, 9.17) is 4.74 Å². The van der Waals surface area contributed by atoms with Gasteiger partial charge >= 0.3 is 5.97 Å². The molecule has 0 rings (SSSR count). The van der Waals surface area contributed by atoms with Crippen molar-refractivity contribution in [3.63, 3.8) is 0 Å². The number of hydrogen-bond donors (Lipinski definition) is 3. The molecule has 2 unspecified atom stereocenters. The molecule has 0 saturated carbocycles.